The molecule has 0 saturated carbocycles. The van der Waals surface area contributed by atoms with Gasteiger partial charge in [0.2, 0.25) is 0 Å². The van der Waals surface area contributed by atoms with Crippen molar-refractivity contribution in [1.82, 2.24) is 4.98 Å². The number of halogens is 2. The summed E-state index contributed by atoms with van der Waals surface area (Å²) < 4.78 is 14.6. The van der Waals surface area contributed by atoms with Crippen molar-refractivity contribution < 1.29 is 19.1 Å². The Labute approximate surface area is 203 Å². The zero-order valence-corrected chi connectivity index (χ0v) is 19.5. The lowest BCUT2D eigenvalue weighted by Gasteiger charge is -2.23. The third-order valence-corrected chi connectivity index (χ3v) is 7.07. The maximum Gasteiger partial charge on any atom is 0.301 e. The molecular weight excluding hydrogens is 475 g/mol. The van der Waals surface area contributed by atoms with Gasteiger partial charge in [-0.2, -0.15) is 0 Å². The van der Waals surface area contributed by atoms with Crippen LogP contribution < -0.4 is 4.90 Å². The Bertz CT molecular complexity index is 1460. The van der Waals surface area contributed by atoms with Gasteiger partial charge in [0, 0.05) is 10.6 Å². The highest BCUT2D eigenvalue weighted by Gasteiger charge is 2.48. The molecule has 5 nitrogen and oxygen atoms in total. The van der Waals surface area contributed by atoms with Crippen molar-refractivity contribution in [2.24, 2.45) is 0 Å². The normalized spacial score (nSPS) is 17.6. The lowest BCUT2D eigenvalue weighted by atomic mass is 9.95. The van der Waals surface area contributed by atoms with Crippen molar-refractivity contribution in [3.05, 3.63) is 99.8 Å². The fraction of sp³-hybridized carbons (Fsp3) is 0.115. The summed E-state index contributed by atoms with van der Waals surface area (Å²) in [5, 5.41) is 11.9. The Morgan fingerprint density at radius 1 is 1.09 bits per heavy atom. The molecule has 1 atom stereocenters. The molecule has 4 aromatic rings. The highest BCUT2D eigenvalue weighted by Crippen LogP contribution is 2.44. The third kappa shape index (κ3) is 3.77. The summed E-state index contributed by atoms with van der Waals surface area (Å²) in [5.74, 6) is -2.43. The van der Waals surface area contributed by atoms with E-state index in [1.807, 2.05) is 25.1 Å². The molecule has 1 saturated heterocycles. The second-order valence-electron chi connectivity index (χ2n) is 7.88. The molecule has 3 aromatic carbocycles. The number of anilines is 1. The van der Waals surface area contributed by atoms with E-state index in [0.717, 1.165) is 16.7 Å². The van der Waals surface area contributed by atoms with Crippen molar-refractivity contribution in [2.45, 2.75) is 19.4 Å². The van der Waals surface area contributed by atoms with Gasteiger partial charge in [-0.15, -0.1) is 0 Å². The van der Waals surface area contributed by atoms with Gasteiger partial charge in [0.05, 0.1) is 21.8 Å². The smallest absolute Gasteiger partial charge is 0.301 e. The largest absolute Gasteiger partial charge is 0.507 e. The summed E-state index contributed by atoms with van der Waals surface area (Å²) in [5.41, 5.74) is 2.56. The number of hydrogen-bond donors (Lipinski definition) is 1. The number of amides is 1. The molecule has 1 unspecified atom stereocenters. The van der Waals surface area contributed by atoms with Gasteiger partial charge in [0.25, 0.3) is 5.78 Å². The predicted molar refractivity (Wildman–Crippen MR) is 132 cm³/mol. The van der Waals surface area contributed by atoms with E-state index in [1.54, 1.807) is 24.3 Å². The monoisotopic (exact) mass is 492 g/mol. The first-order valence-electron chi connectivity index (χ1n) is 10.6. The van der Waals surface area contributed by atoms with E-state index in [1.165, 1.54) is 40.5 Å². The van der Waals surface area contributed by atoms with Crippen LogP contribution in [0.15, 0.2) is 72.3 Å². The van der Waals surface area contributed by atoms with E-state index in [0.29, 0.717) is 26.8 Å². The molecule has 170 valence electrons. The van der Waals surface area contributed by atoms with Crippen LogP contribution in [0.2, 0.25) is 5.02 Å². The number of aryl methyl sites for hydroxylation is 1. The van der Waals surface area contributed by atoms with Gasteiger partial charge in [0.15, 0.2) is 5.13 Å². The first kappa shape index (κ1) is 22.3. The van der Waals surface area contributed by atoms with E-state index in [-0.39, 0.29) is 11.3 Å². The Hall–Kier alpha value is -3.55. The number of carbonyl (C=O) groups excluding carboxylic acids is 2. The van der Waals surface area contributed by atoms with Crippen LogP contribution in [0.5, 0.6) is 0 Å². The molecular formula is C26H18ClFN2O3S. The number of hydrogen-bond acceptors (Lipinski definition) is 5. The standard InChI is InChI=1S/C26H18ClFN2O3S/c1-2-14-3-12-19-20(13-14)34-26(29-19)30-22(15-6-10-18(28)11-7-15)21(24(32)25(30)33)23(31)16-4-8-17(27)9-5-16/h3-13,22,31H,2H2,1H3. The zero-order chi connectivity index (χ0) is 24.0. The number of aliphatic hydroxyl groups excluding tert-OH is 1. The molecule has 34 heavy (non-hydrogen) atoms. The first-order valence-corrected chi connectivity index (χ1v) is 11.8. The van der Waals surface area contributed by atoms with Crippen molar-refractivity contribution in [2.75, 3.05) is 4.90 Å². The molecule has 8 heteroatoms. The lowest BCUT2D eigenvalue weighted by Crippen LogP contribution is -2.29. The summed E-state index contributed by atoms with van der Waals surface area (Å²) >= 11 is 7.25. The summed E-state index contributed by atoms with van der Waals surface area (Å²) in [6.45, 7) is 2.05. The fourth-order valence-corrected chi connectivity index (χ4v) is 5.22. The number of aliphatic hydroxyl groups is 1. The van der Waals surface area contributed by atoms with Gasteiger partial charge in [-0.3, -0.25) is 14.5 Å². The number of fused-ring (bicyclic) bond motifs is 1. The number of carbonyl (C=O) groups is 2. The van der Waals surface area contributed by atoms with Crippen molar-refractivity contribution in [1.29, 1.82) is 0 Å². The number of thiazole rings is 1. The molecule has 1 fully saturated rings. The number of aromatic nitrogens is 1. The Kier molecular flexibility index (Phi) is 5.67. The molecule has 0 bridgehead atoms. The summed E-state index contributed by atoms with van der Waals surface area (Å²) in [4.78, 5) is 32.4. The third-order valence-electron chi connectivity index (χ3n) is 5.80. The Morgan fingerprint density at radius 3 is 2.47 bits per heavy atom. The topological polar surface area (TPSA) is 70.5 Å². The van der Waals surface area contributed by atoms with Crippen LogP contribution in [0.1, 0.15) is 29.7 Å². The fourth-order valence-electron chi connectivity index (χ4n) is 4.03. The average Bonchev–Trinajstić information content (AvgIpc) is 3.37. The molecule has 2 heterocycles. The highest BCUT2D eigenvalue weighted by atomic mass is 35.5. The van der Waals surface area contributed by atoms with Gasteiger partial charge in [-0.25, -0.2) is 9.37 Å². The van der Waals surface area contributed by atoms with Crippen LogP contribution >= 0.6 is 22.9 Å². The van der Waals surface area contributed by atoms with Crippen molar-refractivity contribution in [3.63, 3.8) is 0 Å². The maximum atomic E-state index is 13.7. The minimum Gasteiger partial charge on any atom is -0.507 e. The van der Waals surface area contributed by atoms with Crippen LogP contribution in [0, 0.1) is 5.82 Å². The second kappa shape index (κ2) is 8.66. The van der Waals surface area contributed by atoms with Crippen LogP contribution in [-0.4, -0.2) is 21.8 Å². The number of Topliss-reactive ketones (excluding diaryl/α,β-unsaturated/α-hetero) is 1. The van der Waals surface area contributed by atoms with Crippen LogP contribution in [0.3, 0.4) is 0 Å². The molecule has 0 radical (unpaired) electrons. The van der Waals surface area contributed by atoms with Crippen LogP contribution in [0.4, 0.5) is 9.52 Å². The van der Waals surface area contributed by atoms with Gasteiger partial charge in [0.1, 0.15) is 11.6 Å². The molecule has 1 aliphatic heterocycles. The molecule has 1 amide bonds. The number of rotatable bonds is 4. The van der Waals surface area contributed by atoms with Crippen molar-refractivity contribution in [3.8, 4) is 0 Å². The number of nitrogens with zero attached hydrogens (tertiary/aromatic N) is 2. The predicted octanol–water partition coefficient (Wildman–Crippen LogP) is 6.28. The van der Waals surface area contributed by atoms with E-state index < -0.39 is 23.5 Å². The second-order valence-corrected chi connectivity index (χ2v) is 9.33. The minimum atomic E-state index is -0.970. The van der Waals surface area contributed by atoms with Crippen LogP contribution in [0.25, 0.3) is 16.0 Å². The van der Waals surface area contributed by atoms with E-state index >= 15 is 0 Å². The van der Waals surface area contributed by atoms with E-state index in [4.69, 9.17) is 11.6 Å². The van der Waals surface area contributed by atoms with Gasteiger partial charge >= 0.3 is 5.91 Å². The summed E-state index contributed by atoms with van der Waals surface area (Å²) in [6, 6.07) is 16.7. The Balaban J connectivity index is 1.71. The van der Waals surface area contributed by atoms with Crippen molar-refractivity contribution >= 4 is 55.7 Å². The minimum absolute atomic E-state index is 0.0903. The van der Waals surface area contributed by atoms with E-state index in [2.05, 4.69) is 4.98 Å². The van der Waals surface area contributed by atoms with Gasteiger partial charge < -0.3 is 5.11 Å². The van der Waals surface area contributed by atoms with Gasteiger partial charge in [-0.05, 0) is 66.1 Å². The molecule has 5 rings (SSSR count). The maximum absolute atomic E-state index is 13.7. The molecule has 1 N–H and O–H groups in total. The Morgan fingerprint density at radius 2 is 1.79 bits per heavy atom. The summed E-state index contributed by atoms with van der Waals surface area (Å²) in [6.07, 6.45) is 0.852. The van der Waals surface area contributed by atoms with E-state index in [9.17, 15) is 19.1 Å². The summed E-state index contributed by atoms with van der Waals surface area (Å²) in [7, 11) is 0. The lowest BCUT2D eigenvalue weighted by molar-refractivity contribution is -0.132. The highest BCUT2D eigenvalue weighted by molar-refractivity contribution is 7.22. The zero-order valence-electron chi connectivity index (χ0n) is 18.0. The molecule has 1 aromatic heterocycles. The average molecular weight is 493 g/mol. The quantitative estimate of drug-likeness (QED) is 0.207. The number of benzene rings is 3. The molecule has 0 spiro atoms. The molecule has 0 aliphatic carbocycles. The van der Waals surface area contributed by atoms with Crippen LogP contribution in [-0.2, 0) is 16.0 Å². The number of ketones is 1. The SMILES string of the molecule is CCc1ccc2nc(N3C(=O)C(=O)C(=C(O)c4ccc(Cl)cc4)C3c3ccc(F)cc3)sc2c1. The molecule has 1 aliphatic rings. The van der Waals surface area contributed by atoms with Gasteiger partial charge in [-0.1, -0.05) is 48.1 Å². The first-order chi connectivity index (χ1) is 16.4.